The number of amides is 1. The van der Waals surface area contributed by atoms with Gasteiger partial charge in [-0.05, 0) is 56.5 Å². The van der Waals surface area contributed by atoms with Crippen LogP contribution in [0.3, 0.4) is 0 Å². The van der Waals surface area contributed by atoms with Crippen LogP contribution >= 0.6 is 0 Å². The van der Waals surface area contributed by atoms with Crippen molar-refractivity contribution in [3.8, 4) is 0 Å². The number of nitrogens with one attached hydrogen (secondary N) is 3. The fourth-order valence-corrected chi connectivity index (χ4v) is 2.76. The van der Waals surface area contributed by atoms with Crippen LogP contribution in [0, 0.1) is 5.92 Å². The van der Waals surface area contributed by atoms with Crippen molar-refractivity contribution in [3.05, 3.63) is 28.7 Å². The lowest BCUT2D eigenvalue weighted by molar-refractivity contribution is -0.116. The average molecular weight is 289 g/mol. The maximum Gasteiger partial charge on any atom is 0.417 e. The lowest BCUT2D eigenvalue weighted by Gasteiger charge is -2.22. The molecule has 0 bridgehead atoms. The second kappa shape index (κ2) is 6.13. The third-order valence-corrected chi connectivity index (χ3v) is 3.94. The number of H-pyrrole nitrogens is 1. The van der Waals surface area contributed by atoms with E-state index < -0.39 is 5.76 Å². The molecule has 1 aliphatic heterocycles. The summed E-state index contributed by atoms with van der Waals surface area (Å²) in [6, 6.07) is 5.12. The molecule has 1 aromatic heterocycles. The fraction of sp³-hybridized carbons (Fsp3) is 0.467. The van der Waals surface area contributed by atoms with Crippen LogP contribution in [0.1, 0.15) is 25.7 Å². The molecule has 2 heterocycles. The van der Waals surface area contributed by atoms with E-state index in [1.165, 1.54) is 0 Å². The molecule has 0 atom stereocenters. The van der Waals surface area contributed by atoms with E-state index in [1.54, 1.807) is 18.2 Å². The highest BCUT2D eigenvalue weighted by atomic mass is 16.4. The van der Waals surface area contributed by atoms with Gasteiger partial charge in [0.2, 0.25) is 5.91 Å². The summed E-state index contributed by atoms with van der Waals surface area (Å²) in [4.78, 5) is 25.6. The topological polar surface area (TPSA) is 87.1 Å². The normalized spacial score (nSPS) is 16.2. The first-order valence-corrected chi connectivity index (χ1v) is 7.34. The number of hydrogen-bond donors (Lipinski definition) is 3. The Bertz CT molecular complexity index is 683. The van der Waals surface area contributed by atoms with Crippen LogP contribution in [0.2, 0.25) is 0 Å². The van der Waals surface area contributed by atoms with Crippen molar-refractivity contribution >= 4 is 22.7 Å². The van der Waals surface area contributed by atoms with E-state index in [4.69, 9.17) is 4.42 Å². The molecule has 0 aliphatic carbocycles. The molecule has 1 saturated heterocycles. The Labute approximate surface area is 121 Å². The van der Waals surface area contributed by atoms with E-state index in [1.807, 2.05) is 0 Å². The minimum absolute atomic E-state index is 0.0127. The first-order valence-electron chi connectivity index (χ1n) is 7.34. The van der Waals surface area contributed by atoms with Crippen molar-refractivity contribution in [2.45, 2.75) is 25.7 Å². The number of hydrogen-bond acceptors (Lipinski definition) is 4. The van der Waals surface area contributed by atoms with Gasteiger partial charge >= 0.3 is 5.76 Å². The number of aromatic nitrogens is 1. The van der Waals surface area contributed by atoms with Crippen LogP contribution in [0.5, 0.6) is 0 Å². The highest BCUT2D eigenvalue weighted by molar-refractivity contribution is 5.92. The number of piperidine rings is 1. The first-order chi connectivity index (χ1) is 10.2. The molecule has 1 amide bonds. The van der Waals surface area contributed by atoms with Crippen LogP contribution in [0.4, 0.5) is 5.69 Å². The molecule has 1 fully saturated rings. The summed E-state index contributed by atoms with van der Waals surface area (Å²) in [5.41, 5.74) is 1.76. The lowest BCUT2D eigenvalue weighted by Crippen LogP contribution is -2.28. The largest absolute Gasteiger partial charge is 0.417 e. The Morgan fingerprint density at radius 2 is 2.14 bits per heavy atom. The van der Waals surface area contributed by atoms with Crippen LogP contribution in [-0.4, -0.2) is 24.0 Å². The number of oxazole rings is 1. The summed E-state index contributed by atoms with van der Waals surface area (Å²) in [5, 5.41) is 6.19. The molecule has 21 heavy (non-hydrogen) atoms. The van der Waals surface area contributed by atoms with Crippen LogP contribution < -0.4 is 16.4 Å². The summed E-state index contributed by atoms with van der Waals surface area (Å²) in [5.74, 6) is 0.169. The van der Waals surface area contributed by atoms with E-state index in [0.29, 0.717) is 29.1 Å². The molecule has 6 nitrogen and oxygen atoms in total. The quantitative estimate of drug-likeness (QED) is 0.801. The van der Waals surface area contributed by atoms with Gasteiger partial charge in [-0.25, -0.2) is 4.79 Å². The molecule has 6 heteroatoms. The van der Waals surface area contributed by atoms with E-state index in [2.05, 4.69) is 15.6 Å². The molecule has 1 aromatic carbocycles. The van der Waals surface area contributed by atoms with E-state index >= 15 is 0 Å². The molecular formula is C15H19N3O3. The zero-order valence-electron chi connectivity index (χ0n) is 11.8. The number of anilines is 1. The Morgan fingerprint density at radius 3 is 2.95 bits per heavy atom. The smallest absolute Gasteiger partial charge is 0.408 e. The van der Waals surface area contributed by atoms with E-state index in [9.17, 15) is 9.59 Å². The van der Waals surface area contributed by atoms with Crippen LogP contribution in [0.25, 0.3) is 11.1 Å². The summed E-state index contributed by atoms with van der Waals surface area (Å²) >= 11 is 0. The Morgan fingerprint density at radius 1 is 1.33 bits per heavy atom. The molecule has 0 radical (unpaired) electrons. The highest BCUT2D eigenvalue weighted by Crippen LogP contribution is 2.19. The Hall–Kier alpha value is -2.08. The zero-order valence-corrected chi connectivity index (χ0v) is 11.8. The zero-order chi connectivity index (χ0) is 14.7. The number of carbonyl (C=O) groups excluding carboxylic acids is 1. The summed E-state index contributed by atoms with van der Waals surface area (Å²) in [7, 11) is 0. The van der Waals surface area contributed by atoms with Crippen molar-refractivity contribution in [1.82, 2.24) is 10.3 Å². The minimum atomic E-state index is -0.487. The third kappa shape index (κ3) is 3.52. The summed E-state index contributed by atoms with van der Waals surface area (Å²) in [6.07, 6.45) is 3.76. The molecule has 112 valence electrons. The maximum absolute atomic E-state index is 12.0. The van der Waals surface area contributed by atoms with Gasteiger partial charge < -0.3 is 15.1 Å². The van der Waals surface area contributed by atoms with Gasteiger partial charge in [-0.15, -0.1) is 0 Å². The number of benzene rings is 1. The molecule has 0 saturated carbocycles. The predicted molar refractivity (Wildman–Crippen MR) is 80.3 cm³/mol. The van der Waals surface area contributed by atoms with Gasteiger partial charge in [0, 0.05) is 12.1 Å². The summed E-state index contributed by atoms with van der Waals surface area (Å²) < 4.78 is 4.92. The minimum Gasteiger partial charge on any atom is -0.408 e. The average Bonchev–Trinajstić information content (AvgIpc) is 2.85. The standard InChI is InChI=1S/C15H19N3O3/c19-14(4-1-10-5-7-16-8-6-10)17-11-2-3-13-12(9-11)18-15(20)21-13/h2-3,9-10,16H,1,4-8H2,(H,17,19)(H,18,20). The van der Waals surface area contributed by atoms with Crippen molar-refractivity contribution in [3.63, 3.8) is 0 Å². The van der Waals surface area contributed by atoms with Gasteiger partial charge in [0.1, 0.15) is 0 Å². The first kappa shape index (κ1) is 13.9. The second-order valence-corrected chi connectivity index (χ2v) is 5.51. The number of carbonyl (C=O) groups is 1. The van der Waals surface area contributed by atoms with Crippen molar-refractivity contribution in [1.29, 1.82) is 0 Å². The Balaban J connectivity index is 1.56. The van der Waals surface area contributed by atoms with Crippen molar-refractivity contribution in [2.24, 2.45) is 5.92 Å². The SMILES string of the molecule is O=C(CCC1CCNCC1)Nc1ccc2oc(=O)[nH]c2c1. The van der Waals surface area contributed by atoms with Crippen molar-refractivity contribution in [2.75, 3.05) is 18.4 Å². The van der Waals surface area contributed by atoms with Crippen LogP contribution in [0.15, 0.2) is 27.4 Å². The molecular weight excluding hydrogens is 270 g/mol. The molecule has 0 spiro atoms. The van der Waals surface area contributed by atoms with Crippen LogP contribution in [-0.2, 0) is 4.79 Å². The monoisotopic (exact) mass is 289 g/mol. The molecule has 3 rings (SSSR count). The highest BCUT2D eigenvalue weighted by Gasteiger charge is 2.14. The number of rotatable bonds is 4. The van der Waals surface area contributed by atoms with Gasteiger partial charge in [-0.1, -0.05) is 0 Å². The predicted octanol–water partition coefficient (Wildman–Crippen LogP) is 1.84. The Kier molecular flexibility index (Phi) is 4.06. The molecule has 1 aliphatic rings. The van der Waals surface area contributed by atoms with Gasteiger partial charge in [0.15, 0.2) is 5.58 Å². The van der Waals surface area contributed by atoms with E-state index in [-0.39, 0.29) is 5.91 Å². The molecule has 2 aromatic rings. The lowest BCUT2D eigenvalue weighted by atomic mass is 9.93. The molecule has 0 unspecified atom stereocenters. The number of aromatic amines is 1. The van der Waals surface area contributed by atoms with Gasteiger partial charge in [0.25, 0.3) is 0 Å². The van der Waals surface area contributed by atoms with E-state index in [0.717, 1.165) is 32.4 Å². The summed E-state index contributed by atoms with van der Waals surface area (Å²) in [6.45, 7) is 2.10. The fourth-order valence-electron chi connectivity index (χ4n) is 2.76. The van der Waals surface area contributed by atoms with Gasteiger partial charge in [0.05, 0.1) is 5.52 Å². The third-order valence-electron chi connectivity index (χ3n) is 3.94. The van der Waals surface area contributed by atoms with Crippen molar-refractivity contribution < 1.29 is 9.21 Å². The maximum atomic E-state index is 12.0. The van der Waals surface area contributed by atoms with Gasteiger partial charge in [-0.3, -0.25) is 9.78 Å². The number of fused-ring (bicyclic) bond motifs is 1. The second-order valence-electron chi connectivity index (χ2n) is 5.51. The van der Waals surface area contributed by atoms with Gasteiger partial charge in [-0.2, -0.15) is 0 Å². The molecule has 3 N–H and O–H groups in total.